The van der Waals surface area contributed by atoms with E-state index in [2.05, 4.69) is 21.0 Å². The summed E-state index contributed by atoms with van der Waals surface area (Å²) in [6.07, 6.45) is 3.14. The number of nitriles is 1. The summed E-state index contributed by atoms with van der Waals surface area (Å²) in [6, 6.07) is 14.9. The van der Waals surface area contributed by atoms with Crippen molar-refractivity contribution in [2.24, 2.45) is 0 Å². The Labute approximate surface area is 225 Å². The van der Waals surface area contributed by atoms with Gasteiger partial charge in [0.15, 0.2) is 0 Å². The second kappa shape index (κ2) is 10.8. The first-order valence-electron chi connectivity index (χ1n) is 12.4. The largest absolute Gasteiger partial charge is 0.497 e. The molecule has 10 nitrogen and oxygen atoms in total. The molecule has 1 saturated heterocycles. The Morgan fingerprint density at radius 1 is 0.872 bits per heavy atom. The fourth-order valence-electron chi connectivity index (χ4n) is 4.70. The molecule has 196 valence electrons. The van der Waals surface area contributed by atoms with Crippen molar-refractivity contribution < 1.29 is 19.1 Å². The van der Waals surface area contributed by atoms with Crippen LogP contribution in [0.25, 0.3) is 33.3 Å². The maximum Gasteiger partial charge on any atom is 0.254 e. The predicted molar refractivity (Wildman–Crippen MR) is 144 cm³/mol. The first-order valence-corrected chi connectivity index (χ1v) is 12.4. The summed E-state index contributed by atoms with van der Waals surface area (Å²) in [5.74, 6) is 0.669. The number of rotatable bonds is 5. The summed E-state index contributed by atoms with van der Waals surface area (Å²) in [5.41, 5.74) is 4.44. The van der Waals surface area contributed by atoms with Crippen LogP contribution in [0, 0.1) is 11.3 Å². The van der Waals surface area contributed by atoms with Gasteiger partial charge in [0.05, 0.1) is 25.4 Å². The molecule has 0 aliphatic carbocycles. The van der Waals surface area contributed by atoms with Gasteiger partial charge in [-0.05, 0) is 42.0 Å². The SMILES string of the molecule is COc1cc(C(=O)N2CCN(C(C)=O)CC2)cc(-c2ncnc3ccc(-c4cnc(OC)c(C#N)c4)cc23)c1. The number of carbonyl (C=O) groups excluding carboxylic acids is 2. The molecule has 0 unspecified atom stereocenters. The summed E-state index contributed by atoms with van der Waals surface area (Å²) in [7, 11) is 3.03. The Morgan fingerprint density at radius 3 is 2.33 bits per heavy atom. The molecule has 4 aromatic rings. The van der Waals surface area contributed by atoms with E-state index in [1.165, 1.54) is 20.4 Å². The minimum Gasteiger partial charge on any atom is -0.497 e. The third-order valence-corrected chi connectivity index (χ3v) is 6.81. The molecule has 2 aromatic carbocycles. The highest BCUT2D eigenvalue weighted by atomic mass is 16.5. The summed E-state index contributed by atoms with van der Waals surface area (Å²) < 4.78 is 10.7. The smallest absolute Gasteiger partial charge is 0.254 e. The Morgan fingerprint density at radius 2 is 1.64 bits per heavy atom. The number of ether oxygens (including phenoxy) is 2. The van der Waals surface area contributed by atoms with Gasteiger partial charge in [-0.25, -0.2) is 15.0 Å². The Kier molecular flexibility index (Phi) is 7.06. The lowest BCUT2D eigenvalue weighted by Crippen LogP contribution is -2.50. The first kappa shape index (κ1) is 25.6. The molecule has 5 rings (SSSR count). The maximum absolute atomic E-state index is 13.4. The lowest BCUT2D eigenvalue weighted by atomic mass is 9.99. The van der Waals surface area contributed by atoms with E-state index in [0.717, 1.165) is 22.0 Å². The van der Waals surface area contributed by atoms with E-state index in [1.807, 2.05) is 24.3 Å². The predicted octanol–water partition coefficient (Wildman–Crippen LogP) is 3.55. The van der Waals surface area contributed by atoms with Crippen LogP contribution in [0.1, 0.15) is 22.8 Å². The fraction of sp³-hybridized carbons (Fsp3) is 0.241. The highest BCUT2D eigenvalue weighted by Crippen LogP contribution is 2.33. The summed E-state index contributed by atoms with van der Waals surface area (Å²) in [6.45, 7) is 3.48. The van der Waals surface area contributed by atoms with Crippen LogP contribution in [0.2, 0.25) is 0 Å². The third kappa shape index (κ3) is 5.07. The number of aromatic nitrogens is 3. The quantitative estimate of drug-likeness (QED) is 0.390. The average Bonchev–Trinajstić information content (AvgIpc) is 2.99. The summed E-state index contributed by atoms with van der Waals surface area (Å²) in [4.78, 5) is 41.9. The second-order valence-electron chi connectivity index (χ2n) is 9.10. The van der Waals surface area contributed by atoms with Gasteiger partial charge in [-0.15, -0.1) is 0 Å². The number of nitrogens with zero attached hydrogens (tertiary/aromatic N) is 6. The summed E-state index contributed by atoms with van der Waals surface area (Å²) in [5, 5.41) is 10.3. The van der Waals surface area contributed by atoms with Crippen molar-refractivity contribution in [2.75, 3.05) is 40.4 Å². The molecule has 0 N–H and O–H groups in total. The normalized spacial score (nSPS) is 13.2. The maximum atomic E-state index is 13.4. The number of fused-ring (bicyclic) bond motifs is 1. The molecule has 1 fully saturated rings. The number of pyridine rings is 1. The van der Waals surface area contributed by atoms with E-state index >= 15 is 0 Å². The van der Waals surface area contributed by atoms with Gasteiger partial charge in [0, 0.05) is 61.4 Å². The average molecular weight is 523 g/mol. The molecular weight excluding hydrogens is 496 g/mol. The number of carbonyl (C=O) groups is 2. The second-order valence-corrected chi connectivity index (χ2v) is 9.10. The van der Waals surface area contributed by atoms with Gasteiger partial charge >= 0.3 is 0 Å². The van der Waals surface area contributed by atoms with E-state index < -0.39 is 0 Å². The van der Waals surface area contributed by atoms with Crippen LogP contribution in [0.5, 0.6) is 11.6 Å². The number of piperazine rings is 1. The molecule has 0 saturated carbocycles. The van der Waals surface area contributed by atoms with Gasteiger partial charge in [-0.1, -0.05) is 6.07 Å². The molecule has 0 bridgehead atoms. The zero-order valence-electron chi connectivity index (χ0n) is 21.8. The third-order valence-electron chi connectivity index (χ3n) is 6.81. The topological polar surface area (TPSA) is 122 Å². The lowest BCUT2D eigenvalue weighted by Gasteiger charge is -2.34. The van der Waals surface area contributed by atoms with Crippen LogP contribution in [0.3, 0.4) is 0 Å². The van der Waals surface area contributed by atoms with Crippen molar-refractivity contribution in [1.29, 1.82) is 5.26 Å². The van der Waals surface area contributed by atoms with Gasteiger partial charge in [0.1, 0.15) is 23.7 Å². The van der Waals surface area contributed by atoms with E-state index in [-0.39, 0.29) is 17.7 Å². The molecule has 0 atom stereocenters. The van der Waals surface area contributed by atoms with Crippen molar-refractivity contribution in [3.05, 3.63) is 66.1 Å². The van der Waals surface area contributed by atoms with Crippen LogP contribution in [-0.4, -0.2) is 77.0 Å². The summed E-state index contributed by atoms with van der Waals surface area (Å²) >= 11 is 0. The van der Waals surface area contributed by atoms with E-state index in [1.54, 1.807) is 41.3 Å². The van der Waals surface area contributed by atoms with Crippen LogP contribution >= 0.6 is 0 Å². The van der Waals surface area contributed by atoms with Crippen LogP contribution in [0.4, 0.5) is 0 Å². The van der Waals surface area contributed by atoms with E-state index in [0.29, 0.717) is 54.3 Å². The number of hydrogen-bond donors (Lipinski definition) is 0. The molecule has 39 heavy (non-hydrogen) atoms. The number of hydrogen-bond acceptors (Lipinski definition) is 8. The number of amides is 2. The monoisotopic (exact) mass is 522 g/mol. The van der Waals surface area contributed by atoms with Crippen LogP contribution in [-0.2, 0) is 4.79 Å². The molecule has 0 radical (unpaired) electrons. The minimum absolute atomic E-state index is 0.00930. The van der Waals surface area contributed by atoms with Gasteiger partial charge < -0.3 is 19.3 Å². The van der Waals surface area contributed by atoms with Gasteiger partial charge in [-0.3, -0.25) is 9.59 Å². The van der Waals surface area contributed by atoms with E-state index in [9.17, 15) is 14.9 Å². The molecule has 2 aromatic heterocycles. The van der Waals surface area contributed by atoms with Crippen molar-refractivity contribution in [3.63, 3.8) is 0 Å². The highest BCUT2D eigenvalue weighted by Gasteiger charge is 2.24. The van der Waals surface area contributed by atoms with Gasteiger partial charge in [0.25, 0.3) is 5.91 Å². The Hall–Kier alpha value is -5.04. The van der Waals surface area contributed by atoms with Crippen LogP contribution < -0.4 is 9.47 Å². The van der Waals surface area contributed by atoms with Gasteiger partial charge in [-0.2, -0.15) is 5.26 Å². The zero-order valence-corrected chi connectivity index (χ0v) is 21.8. The number of methoxy groups -OCH3 is 2. The molecular formula is C29H26N6O4. The lowest BCUT2D eigenvalue weighted by molar-refractivity contribution is -0.130. The fourth-order valence-corrected chi connectivity index (χ4v) is 4.70. The van der Waals surface area contributed by atoms with Crippen LogP contribution in [0.15, 0.2) is 55.0 Å². The van der Waals surface area contributed by atoms with Gasteiger partial charge in [0.2, 0.25) is 11.8 Å². The standard InChI is InChI=1S/C29H26N6O4/c1-18(36)34-6-8-35(9-7-34)29(37)21-10-20(12-24(13-21)38-2)27-25-14-19(4-5-26(25)32-17-33-27)23-11-22(15-30)28(39-3)31-16-23/h4-5,10-14,16-17H,6-9H2,1-3H3. The zero-order chi connectivity index (χ0) is 27.5. The Bertz CT molecular complexity index is 1620. The number of benzene rings is 2. The van der Waals surface area contributed by atoms with Crippen molar-refractivity contribution in [3.8, 4) is 40.1 Å². The Balaban J connectivity index is 1.55. The molecule has 2 amide bonds. The first-order chi connectivity index (χ1) is 18.9. The molecule has 3 heterocycles. The van der Waals surface area contributed by atoms with E-state index in [4.69, 9.17) is 9.47 Å². The molecule has 1 aliphatic rings. The molecule has 10 heteroatoms. The highest BCUT2D eigenvalue weighted by molar-refractivity contribution is 5.99. The van der Waals surface area contributed by atoms with Crippen molar-refractivity contribution in [2.45, 2.75) is 6.92 Å². The molecule has 0 spiro atoms. The molecule has 1 aliphatic heterocycles. The van der Waals surface area contributed by atoms with Crippen molar-refractivity contribution in [1.82, 2.24) is 24.8 Å². The minimum atomic E-state index is -0.134. The van der Waals surface area contributed by atoms with Crippen molar-refractivity contribution >= 4 is 22.7 Å².